The van der Waals surface area contributed by atoms with Gasteiger partial charge in [0, 0.05) is 24.3 Å². The van der Waals surface area contributed by atoms with Crippen molar-refractivity contribution >= 4 is 0 Å². The molecular formula is C13H19NO3. The summed E-state index contributed by atoms with van der Waals surface area (Å²) >= 11 is 0. The molecule has 2 rings (SSSR count). The first-order valence-electron chi connectivity index (χ1n) is 5.91. The summed E-state index contributed by atoms with van der Waals surface area (Å²) in [6.45, 7) is 3.59. The molecule has 0 bridgehead atoms. The molecule has 2 atom stereocenters. The van der Waals surface area contributed by atoms with Gasteiger partial charge in [-0.2, -0.15) is 0 Å². The largest absolute Gasteiger partial charge is 0.508 e. The molecule has 0 amide bonds. The zero-order chi connectivity index (χ0) is 12.3. The Labute approximate surface area is 102 Å². The van der Waals surface area contributed by atoms with Crippen LogP contribution in [0.4, 0.5) is 0 Å². The van der Waals surface area contributed by atoms with E-state index in [0.717, 1.165) is 30.9 Å². The van der Waals surface area contributed by atoms with E-state index in [9.17, 15) is 5.11 Å². The Balaban J connectivity index is 2.08. The first-order chi connectivity index (χ1) is 8.20. The number of nitrogens with one attached hydrogen (secondary N) is 1. The van der Waals surface area contributed by atoms with Crippen molar-refractivity contribution in [1.82, 2.24) is 5.32 Å². The fraction of sp³-hybridized carbons (Fsp3) is 0.538. The lowest BCUT2D eigenvalue weighted by atomic mass is 10.1. The van der Waals surface area contributed by atoms with Gasteiger partial charge in [-0.1, -0.05) is 0 Å². The van der Waals surface area contributed by atoms with E-state index in [0.29, 0.717) is 11.8 Å². The average molecular weight is 237 g/mol. The van der Waals surface area contributed by atoms with Gasteiger partial charge in [-0.05, 0) is 31.5 Å². The Morgan fingerprint density at radius 3 is 3.00 bits per heavy atom. The second-order valence-corrected chi connectivity index (χ2v) is 4.37. The molecule has 0 spiro atoms. The summed E-state index contributed by atoms with van der Waals surface area (Å²) in [7, 11) is 1.62. The second kappa shape index (κ2) is 5.38. The third-order valence-corrected chi connectivity index (χ3v) is 3.12. The third kappa shape index (κ3) is 2.90. The quantitative estimate of drug-likeness (QED) is 0.839. The number of rotatable bonds is 4. The molecule has 4 heteroatoms. The number of benzene rings is 1. The van der Waals surface area contributed by atoms with Gasteiger partial charge in [0.1, 0.15) is 11.5 Å². The summed E-state index contributed by atoms with van der Waals surface area (Å²) in [5, 5.41) is 13.3. The molecule has 1 aromatic carbocycles. The molecule has 0 aliphatic carbocycles. The summed E-state index contributed by atoms with van der Waals surface area (Å²) in [5.74, 6) is 1.05. The Hall–Kier alpha value is -1.26. The van der Waals surface area contributed by atoms with Gasteiger partial charge in [0.15, 0.2) is 0 Å². The SMILES string of the molecule is COc1ccc(O)c(C(C)NC2CCOC2)c1. The van der Waals surface area contributed by atoms with E-state index >= 15 is 0 Å². The summed E-state index contributed by atoms with van der Waals surface area (Å²) in [5.41, 5.74) is 0.858. The van der Waals surface area contributed by atoms with E-state index in [-0.39, 0.29) is 6.04 Å². The van der Waals surface area contributed by atoms with Crippen LogP contribution < -0.4 is 10.1 Å². The van der Waals surface area contributed by atoms with E-state index in [1.807, 2.05) is 13.0 Å². The van der Waals surface area contributed by atoms with Gasteiger partial charge in [0.2, 0.25) is 0 Å². The normalized spacial score (nSPS) is 21.4. The average Bonchev–Trinajstić information content (AvgIpc) is 2.82. The van der Waals surface area contributed by atoms with E-state index in [1.165, 1.54) is 0 Å². The molecule has 2 N–H and O–H groups in total. The second-order valence-electron chi connectivity index (χ2n) is 4.37. The molecule has 1 aliphatic heterocycles. The van der Waals surface area contributed by atoms with Gasteiger partial charge >= 0.3 is 0 Å². The Bertz CT molecular complexity index is 375. The van der Waals surface area contributed by atoms with Crippen LogP contribution in [0.5, 0.6) is 11.5 Å². The molecule has 1 aliphatic rings. The molecule has 17 heavy (non-hydrogen) atoms. The predicted molar refractivity (Wildman–Crippen MR) is 65.4 cm³/mol. The maximum absolute atomic E-state index is 9.85. The number of aromatic hydroxyl groups is 1. The van der Waals surface area contributed by atoms with Crippen LogP contribution in [0, 0.1) is 0 Å². The van der Waals surface area contributed by atoms with Crippen LogP contribution in [0.2, 0.25) is 0 Å². The number of ether oxygens (including phenoxy) is 2. The van der Waals surface area contributed by atoms with Crippen molar-refractivity contribution in [2.45, 2.75) is 25.4 Å². The number of hydrogen-bond donors (Lipinski definition) is 2. The highest BCUT2D eigenvalue weighted by Gasteiger charge is 2.20. The van der Waals surface area contributed by atoms with Crippen LogP contribution in [0.25, 0.3) is 0 Å². The molecular weight excluding hydrogens is 218 g/mol. The minimum absolute atomic E-state index is 0.0804. The third-order valence-electron chi connectivity index (χ3n) is 3.12. The van der Waals surface area contributed by atoms with Gasteiger partial charge in [-0.3, -0.25) is 0 Å². The van der Waals surface area contributed by atoms with Gasteiger partial charge in [0.05, 0.1) is 13.7 Å². The van der Waals surface area contributed by atoms with Crippen molar-refractivity contribution in [1.29, 1.82) is 0 Å². The van der Waals surface area contributed by atoms with Gasteiger partial charge in [-0.25, -0.2) is 0 Å². The lowest BCUT2D eigenvalue weighted by Crippen LogP contribution is -2.31. The van der Waals surface area contributed by atoms with Gasteiger partial charge in [0.25, 0.3) is 0 Å². The van der Waals surface area contributed by atoms with Crippen LogP contribution in [0.3, 0.4) is 0 Å². The van der Waals surface area contributed by atoms with Crippen molar-refractivity contribution in [3.8, 4) is 11.5 Å². The first kappa shape index (κ1) is 12.2. The molecule has 1 saturated heterocycles. The lowest BCUT2D eigenvalue weighted by molar-refractivity contribution is 0.188. The first-order valence-corrected chi connectivity index (χ1v) is 5.91. The zero-order valence-corrected chi connectivity index (χ0v) is 10.3. The Morgan fingerprint density at radius 1 is 1.53 bits per heavy atom. The van der Waals surface area contributed by atoms with E-state index in [4.69, 9.17) is 9.47 Å². The van der Waals surface area contributed by atoms with Crippen molar-refractivity contribution in [3.63, 3.8) is 0 Å². The lowest BCUT2D eigenvalue weighted by Gasteiger charge is -2.20. The number of phenolic OH excluding ortho intramolecular Hbond substituents is 1. The van der Waals surface area contributed by atoms with E-state index < -0.39 is 0 Å². The standard InChI is InChI=1S/C13H19NO3/c1-9(14-10-5-6-17-8-10)12-7-11(16-2)3-4-13(12)15/h3-4,7,9-10,14-15H,5-6,8H2,1-2H3. The fourth-order valence-corrected chi connectivity index (χ4v) is 2.12. The minimum atomic E-state index is 0.0804. The molecule has 4 nitrogen and oxygen atoms in total. The van der Waals surface area contributed by atoms with Crippen molar-refractivity contribution in [3.05, 3.63) is 23.8 Å². The van der Waals surface area contributed by atoms with Crippen molar-refractivity contribution in [2.24, 2.45) is 0 Å². The molecule has 1 aromatic rings. The smallest absolute Gasteiger partial charge is 0.120 e. The molecule has 1 heterocycles. The highest BCUT2D eigenvalue weighted by atomic mass is 16.5. The molecule has 0 radical (unpaired) electrons. The number of methoxy groups -OCH3 is 1. The molecule has 94 valence electrons. The minimum Gasteiger partial charge on any atom is -0.508 e. The van der Waals surface area contributed by atoms with Gasteiger partial charge < -0.3 is 19.9 Å². The summed E-state index contributed by atoms with van der Waals surface area (Å²) in [6.07, 6.45) is 1.02. The van der Waals surface area contributed by atoms with Crippen LogP contribution in [-0.4, -0.2) is 31.5 Å². The highest BCUT2D eigenvalue weighted by molar-refractivity contribution is 5.41. The monoisotopic (exact) mass is 237 g/mol. The van der Waals surface area contributed by atoms with Crippen LogP contribution in [-0.2, 0) is 4.74 Å². The summed E-state index contributed by atoms with van der Waals surface area (Å²) in [4.78, 5) is 0. The number of hydrogen-bond acceptors (Lipinski definition) is 4. The summed E-state index contributed by atoms with van der Waals surface area (Å²) < 4.78 is 10.5. The summed E-state index contributed by atoms with van der Waals surface area (Å²) in [6, 6.07) is 5.73. The van der Waals surface area contributed by atoms with Crippen molar-refractivity contribution in [2.75, 3.05) is 20.3 Å². The van der Waals surface area contributed by atoms with Gasteiger partial charge in [-0.15, -0.1) is 0 Å². The highest BCUT2D eigenvalue weighted by Crippen LogP contribution is 2.28. The Morgan fingerprint density at radius 2 is 2.35 bits per heavy atom. The molecule has 2 unspecified atom stereocenters. The number of phenols is 1. The van der Waals surface area contributed by atoms with Crippen LogP contribution in [0.1, 0.15) is 24.9 Å². The Kier molecular flexibility index (Phi) is 3.86. The maximum atomic E-state index is 9.85. The van der Waals surface area contributed by atoms with Crippen LogP contribution >= 0.6 is 0 Å². The molecule has 1 fully saturated rings. The molecule has 0 saturated carbocycles. The fourth-order valence-electron chi connectivity index (χ4n) is 2.12. The van der Waals surface area contributed by atoms with Crippen LogP contribution in [0.15, 0.2) is 18.2 Å². The maximum Gasteiger partial charge on any atom is 0.120 e. The van der Waals surface area contributed by atoms with E-state index in [1.54, 1.807) is 19.2 Å². The topological polar surface area (TPSA) is 50.7 Å². The van der Waals surface area contributed by atoms with E-state index in [2.05, 4.69) is 5.32 Å². The predicted octanol–water partition coefficient (Wildman–Crippen LogP) is 1.84. The zero-order valence-electron chi connectivity index (χ0n) is 10.3. The molecule has 0 aromatic heterocycles. The van der Waals surface area contributed by atoms with Crippen molar-refractivity contribution < 1.29 is 14.6 Å².